The number of hydrazone groups is 1. The molecule has 0 saturated carbocycles. The van der Waals surface area contributed by atoms with E-state index in [0.29, 0.717) is 11.4 Å². The van der Waals surface area contributed by atoms with E-state index < -0.39 is 21.3 Å². The maximum absolute atomic E-state index is 13.6. The lowest BCUT2D eigenvalue weighted by atomic mass is 10.1. The summed E-state index contributed by atoms with van der Waals surface area (Å²) in [6.45, 7) is 1.66. The fourth-order valence-corrected chi connectivity index (χ4v) is 5.12. The van der Waals surface area contributed by atoms with Crippen molar-refractivity contribution in [2.45, 2.75) is 6.92 Å². The van der Waals surface area contributed by atoms with Crippen molar-refractivity contribution in [3.8, 4) is 17.2 Å². The molecule has 1 fully saturated rings. The number of nitrogens with zero attached hydrogens (tertiary/aromatic N) is 7. The van der Waals surface area contributed by atoms with Gasteiger partial charge in [0, 0.05) is 42.4 Å². The predicted octanol–water partition coefficient (Wildman–Crippen LogP) is 4.35. The van der Waals surface area contributed by atoms with Gasteiger partial charge in [-0.1, -0.05) is 18.2 Å². The third-order valence-corrected chi connectivity index (χ3v) is 7.52. The molecular formula is C28H21N7O8S. The van der Waals surface area contributed by atoms with Gasteiger partial charge in [0.2, 0.25) is 0 Å². The molecule has 2 N–H and O–H groups in total. The predicted molar refractivity (Wildman–Crippen MR) is 162 cm³/mol. The van der Waals surface area contributed by atoms with Crippen LogP contribution < -0.4 is 5.56 Å². The Hall–Kier alpha value is -6.03. The number of nitro benzene ring substituents is 2. The van der Waals surface area contributed by atoms with Gasteiger partial charge in [-0.05, 0) is 49.0 Å². The fourth-order valence-electron chi connectivity index (χ4n) is 4.21. The number of amides is 1. The molecule has 0 spiro atoms. The smallest absolute Gasteiger partial charge is 0.297 e. The van der Waals surface area contributed by atoms with E-state index in [4.69, 9.17) is 0 Å². The van der Waals surface area contributed by atoms with E-state index in [0.717, 1.165) is 59.4 Å². The highest BCUT2D eigenvalue weighted by molar-refractivity contribution is 8.18. The van der Waals surface area contributed by atoms with Crippen LogP contribution in [0.5, 0.6) is 11.5 Å². The molecule has 15 nitrogen and oxygen atoms in total. The summed E-state index contributed by atoms with van der Waals surface area (Å²) in [5.74, 6) is -1.46. The van der Waals surface area contributed by atoms with Crippen molar-refractivity contribution in [2.75, 3.05) is 0 Å². The first-order valence-electron chi connectivity index (χ1n) is 12.6. The summed E-state index contributed by atoms with van der Waals surface area (Å²) in [6, 6.07) is 15.4. The van der Waals surface area contributed by atoms with Gasteiger partial charge in [0.05, 0.1) is 32.3 Å². The molecule has 16 heteroatoms. The van der Waals surface area contributed by atoms with Gasteiger partial charge in [0.1, 0.15) is 11.5 Å². The molecule has 3 aromatic carbocycles. The summed E-state index contributed by atoms with van der Waals surface area (Å²) in [4.78, 5) is 52.6. The Labute approximate surface area is 251 Å². The largest absolute Gasteiger partial charge is 0.507 e. The first kappa shape index (κ1) is 29.5. The van der Waals surface area contributed by atoms with Gasteiger partial charge < -0.3 is 10.2 Å². The van der Waals surface area contributed by atoms with E-state index in [9.17, 15) is 40.0 Å². The summed E-state index contributed by atoms with van der Waals surface area (Å²) in [5.41, 5.74) is -0.239. The first-order valence-corrected chi connectivity index (χ1v) is 13.4. The van der Waals surface area contributed by atoms with E-state index >= 15 is 0 Å². The van der Waals surface area contributed by atoms with Crippen molar-refractivity contribution in [3.05, 3.63) is 119 Å². The highest BCUT2D eigenvalue weighted by atomic mass is 32.2. The molecule has 1 aromatic heterocycles. The molecule has 2 heterocycles. The molecule has 4 aromatic rings. The Balaban J connectivity index is 1.64. The van der Waals surface area contributed by atoms with Crippen LogP contribution in [0.1, 0.15) is 16.8 Å². The molecule has 0 unspecified atom stereocenters. The van der Waals surface area contributed by atoms with E-state index in [1.54, 1.807) is 49.0 Å². The summed E-state index contributed by atoms with van der Waals surface area (Å²) >= 11 is 0.780. The zero-order valence-corrected chi connectivity index (χ0v) is 23.7. The van der Waals surface area contributed by atoms with Crippen LogP contribution in [-0.4, -0.2) is 51.7 Å². The number of para-hydroxylation sites is 1. The lowest BCUT2D eigenvalue weighted by Gasteiger charge is -2.08. The first-order chi connectivity index (χ1) is 21.0. The van der Waals surface area contributed by atoms with Gasteiger partial charge >= 0.3 is 0 Å². The number of nitro groups is 2. The maximum atomic E-state index is 13.6. The number of non-ortho nitro benzene ring substituents is 2. The third-order valence-electron chi connectivity index (χ3n) is 6.56. The molecule has 5 rings (SSSR count). The summed E-state index contributed by atoms with van der Waals surface area (Å²) < 4.78 is 2.98. The fraction of sp³-hybridized carbons (Fsp3) is 0.0714. The molecule has 1 saturated heterocycles. The zero-order valence-electron chi connectivity index (χ0n) is 22.9. The molecule has 0 atom stereocenters. The number of benzene rings is 3. The third kappa shape index (κ3) is 5.56. The molecule has 1 aliphatic heterocycles. The molecule has 0 radical (unpaired) electrons. The molecule has 1 aliphatic rings. The van der Waals surface area contributed by atoms with Crippen LogP contribution in [0.3, 0.4) is 0 Å². The zero-order chi connectivity index (χ0) is 31.7. The van der Waals surface area contributed by atoms with E-state index in [1.165, 1.54) is 10.8 Å². The number of carbonyl (C=O) groups is 1. The Morgan fingerprint density at radius 3 is 2.09 bits per heavy atom. The minimum absolute atomic E-state index is 0.00973. The molecule has 1 amide bonds. The summed E-state index contributed by atoms with van der Waals surface area (Å²) in [5, 5.41) is 47.9. The number of phenols is 2. The molecule has 222 valence electrons. The normalized spacial score (nSPS) is 15.1. The molecular weight excluding hydrogens is 594 g/mol. The molecule has 0 aliphatic carbocycles. The molecule has 0 bridgehead atoms. The van der Waals surface area contributed by atoms with Gasteiger partial charge in [-0.2, -0.15) is 10.1 Å². The van der Waals surface area contributed by atoms with Gasteiger partial charge in [-0.25, -0.2) is 9.67 Å². The standard InChI is InChI=1S/C28H21N7O8S/c1-16-25(27(39)33(31(16)2)19-6-4-3-5-7-19)30-28-32(29-15-18-13-21(35(42)43)9-11-23(18)37)26(38)24(44-28)14-17-12-20(34(40)41)8-10-22(17)36/h3-15,36-37H,1-2H3/b24-14-,29-15-,30-28?. The van der Waals surface area contributed by atoms with E-state index in [1.807, 2.05) is 0 Å². The minimum atomic E-state index is -0.780. The average Bonchev–Trinajstić information content (AvgIpc) is 3.40. The second kappa shape index (κ2) is 11.7. The second-order valence-electron chi connectivity index (χ2n) is 9.28. The van der Waals surface area contributed by atoms with Crippen molar-refractivity contribution in [2.24, 2.45) is 17.1 Å². The van der Waals surface area contributed by atoms with Crippen molar-refractivity contribution >= 4 is 52.2 Å². The maximum Gasteiger partial charge on any atom is 0.297 e. The van der Waals surface area contributed by atoms with Crippen LogP contribution in [0.4, 0.5) is 17.1 Å². The van der Waals surface area contributed by atoms with Gasteiger partial charge in [0.15, 0.2) is 10.9 Å². The van der Waals surface area contributed by atoms with Crippen LogP contribution in [-0.2, 0) is 11.8 Å². The SMILES string of the molecule is Cc1c(N=C2S/C(=C\c3cc([N+](=O)[O-])ccc3O)C(=O)N2/N=C\c2cc([N+](=O)[O-])ccc2O)c(=O)n(-c2ccccc2)n1C. The Kier molecular flexibility index (Phi) is 7.83. The van der Waals surface area contributed by atoms with Crippen LogP contribution >= 0.6 is 11.8 Å². The summed E-state index contributed by atoms with van der Waals surface area (Å²) in [7, 11) is 1.66. The monoisotopic (exact) mass is 615 g/mol. The minimum Gasteiger partial charge on any atom is -0.507 e. The Morgan fingerprint density at radius 2 is 1.48 bits per heavy atom. The van der Waals surface area contributed by atoms with E-state index in [-0.39, 0.29) is 49.8 Å². The van der Waals surface area contributed by atoms with Crippen LogP contribution in [0, 0.1) is 27.2 Å². The average molecular weight is 616 g/mol. The highest BCUT2D eigenvalue weighted by Crippen LogP contribution is 2.37. The van der Waals surface area contributed by atoms with Crippen LogP contribution in [0.2, 0.25) is 0 Å². The number of thioether (sulfide) groups is 1. The topological polar surface area (TPSA) is 199 Å². The number of phenolic OH excluding ortho intramolecular Hbond substituents is 2. The second-order valence-corrected chi connectivity index (χ2v) is 10.3. The van der Waals surface area contributed by atoms with Crippen molar-refractivity contribution < 1.29 is 24.9 Å². The number of rotatable bonds is 7. The quantitative estimate of drug-likeness (QED) is 0.131. The van der Waals surface area contributed by atoms with Crippen LogP contribution in [0.15, 0.2) is 86.5 Å². The lowest BCUT2D eigenvalue weighted by Crippen LogP contribution is -2.24. The van der Waals surface area contributed by atoms with Crippen molar-refractivity contribution in [1.29, 1.82) is 0 Å². The highest BCUT2D eigenvalue weighted by Gasteiger charge is 2.35. The number of aromatic hydroxyl groups is 2. The van der Waals surface area contributed by atoms with Gasteiger partial charge in [0.25, 0.3) is 22.8 Å². The number of carbonyl (C=O) groups excluding carboxylic acids is 1. The number of aliphatic imine (C=N–C) groups is 1. The number of amidine groups is 1. The van der Waals surface area contributed by atoms with Crippen LogP contribution in [0.25, 0.3) is 11.8 Å². The number of hydrogen-bond donors (Lipinski definition) is 2. The van der Waals surface area contributed by atoms with Crippen molar-refractivity contribution in [3.63, 3.8) is 0 Å². The molecule has 44 heavy (non-hydrogen) atoms. The Morgan fingerprint density at radius 1 is 0.886 bits per heavy atom. The summed E-state index contributed by atoms with van der Waals surface area (Å²) in [6.07, 6.45) is 2.23. The Bertz CT molecular complexity index is 2000. The number of hydrogen-bond acceptors (Lipinski definition) is 11. The van der Waals surface area contributed by atoms with Gasteiger partial charge in [-0.3, -0.25) is 34.5 Å². The van der Waals surface area contributed by atoms with E-state index in [2.05, 4.69) is 10.1 Å². The number of aromatic nitrogens is 2. The van der Waals surface area contributed by atoms with Gasteiger partial charge in [-0.15, -0.1) is 0 Å². The lowest BCUT2D eigenvalue weighted by molar-refractivity contribution is -0.385. The van der Waals surface area contributed by atoms with Crippen molar-refractivity contribution in [1.82, 2.24) is 14.4 Å².